The number of nitrogens with zero attached hydrogens (tertiary/aromatic N) is 3. The van der Waals surface area contributed by atoms with Crippen LogP contribution in [-0.2, 0) is 17.6 Å². The molecule has 0 amide bonds. The minimum Gasteiger partial charge on any atom is -0.481 e. The Labute approximate surface area is 117 Å². The third kappa shape index (κ3) is 4.26. The Kier molecular flexibility index (Phi) is 4.90. The van der Waals surface area contributed by atoms with Gasteiger partial charge in [-0.05, 0) is 14.1 Å². The van der Waals surface area contributed by atoms with Crippen molar-refractivity contribution in [3.05, 3.63) is 16.1 Å². The van der Waals surface area contributed by atoms with E-state index in [4.69, 9.17) is 5.11 Å². The van der Waals surface area contributed by atoms with Crippen LogP contribution in [-0.4, -0.2) is 65.6 Å². The molecule has 0 spiro atoms. The first-order chi connectivity index (χ1) is 9.04. The smallest absolute Gasteiger partial charge is 0.303 e. The van der Waals surface area contributed by atoms with E-state index in [-0.39, 0.29) is 6.42 Å². The van der Waals surface area contributed by atoms with Gasteiger partial charge in [0.25, 0.3) is 0 Å². The number of aromatic nitrogens is 1. The van der Waals surface area contributed by atoms with Gasteiger partial charge in [-0.1, -0.05) is 0 Å². The summed E-state index contributed by atoms with van der Waals surface area (Å²) in [5, 5.41) is 11.8. The number of carboxylic acids is 1. The molecule has 1 aliphatic heterocycles. The van der Waals surface area contributed by atoms with Crippen molar-refractivity contribution in [3.63, 3.8) is 0 Å². The Morgan fingerprint density at radius 3 is 3.05 bits per heavy atom. The van der Waals surface area contributed by atoms with Crippen LogP contribution in [0.4, 0.5) is 0 Å². The number of rotatable bonds is 5. The number of aryl methyl sites for hydroxylation is 1. The summed E-state index contributed by atoms with van der Waals surface area (Å²) in [6.07, 6.45) is 1.65. The summed E-state index contributed by atoms with van der Waals surface area (Å²) in [6.45, 7) is 3.29. The first-order valence-corrected chi connectivity index (χ1v) is 7.46. The van der Waals surface area contributed by atoms with Crippen LogP contribution in [0.15, 0.2) is 5.38 Å². The van der Waals surface area contributed by atoms with Crippen molar-refractivity contribution in [1.29, 1.82) is 0 Å². The Morgan fingerprint density at radius 2 is 2.32 bits per heavy atom. The standard InChI is InChI=1S/C13H21N3O2S/c1-15-5-6-16(2)11(8-15)7-12-14-10(9-19-12)3-4-13(17)18/h9,11H,3-8H2,1-2H3,(H,17,18). The normalized spacial score (nSPS) is 21.7. The summed E-state index contributed by atoms with van der Waals surface area (Å²) in [6, 6.07) is 0.511. The molecule has 0 aliphatic carbocycles. The monoisotopic (exact) mass is 283 g/mol. The molecule has 5 nitrogen and oxygen atoms in total. The molecule has 106 valence electrons. The van der Waals surface area contributed by atoms with E-state index < -0.39 is 5.97 Å². The van der Waals surface area contributed by atoms with Crippen LogP contribution in [0, 0.1) is 0 Å². The quantitative estimate of drug-likeness (QED) is 0.872. The number of hydrogen-bond donors (Lipinski definition) is 1. The van der Waals surface area contributed by atoms with Gasteiger partial charge < -0.3 is 14.9 Å². The number of thiazole rings is 1. The van der Waals surface area contributed by atoms with Gasteiger partial charge in [-0.25, -0.2) is 4.98 Å². The van der Waals surface area contributed by atoms with Gasteiger partial charge >= 0.3 is 5.97 Å². The van der Waals surface area contributed by atoms with Gasteiger partial charge in [0, 0.05) is 43.9 Å². The lowest BCUT2D eigenvalue weighted by molar-refractivity contribution is -0.136. The van der Waals surface area contributed by atoms with Crippen molar-refractivity contribution in [1.82, 2.24) is 14.8 Å². The van der Waals surface area contributed by atoms with E-state index >= 15 is 0 Å². The molecule has 1 N–H and O–H groups in total. The maximum absolute atomic E-state index is 10.5. The zero-order chi connectivity index (χ0) is 13.8. The molecule has 0 bridgehead atoms. The maximum atomic E-state index is 10.5. The third-order valence-electron chi connectivity index (χ3n) is 3.58. The number of piperazine rings is 1. The number of carboxylic acid groups (broad SMARTS) is 1. The third-order valence-corrected chi connectivity index (χ3v) is 4.50. The van der Waals surface area contributed by atoms with Gasteiger partial charge in [-0.15, -0.1) is 11.3 Å². The van der Waals surface area contributed by atoms with Gasteiger partial charge in [-0.2, -0.15) is 0 Å². The molecule has 19 heavy (non-hydrogen) atoms. The fourth-order valence-electron chi connectivity index (χ4n) is 2.32. The Balaban J connectivity index is 1.90. The molecule has 1 fully saturated rings. The van der Waals surface area contributed by atoms with Crippen LogP contribution < -0.4 is 0 Å². The molecular weight excluding hydrogens is 262 g/mol. The number of aliphatic carboxylic acids is 1. The van der Waals surface area contributed by atoms with E-state index in [0.717, 1.165) is 36.8 Å². The summed E-state index contributed by atoms with van der Waals surface area (Å²) in [5.41, 5.74) is 0.911. The summed E-state index contributed by atoms with van der Waals surface area (Å²) < 4.78 is 0. The number of likely N-dealkylation sites (N-methyl/N-ethyl adjacent to an activating group) is 2. The molecule has 0 radical (unpaired) electrons. The minimum atomic E-state index is -0.761. The largest absolute Gasteiger partial charge is 0.481 e. The average molecular weight is 283 g/mol. The molecule has 0 aromatic carbocycles. The second kappa shape index (κ2) is 6.45. The Morgan fingerprint density at radius 1 is 1.53 bits per heavy atom. The minimum absolute atomic E-state index is 0.162. The average Bonchev–Trinajstić information content (AvgIpc) is 2.79. The zero-order valence-electron chi connectivity index (χ0n) is 11.5. The van der Waals surface area contributed by atoms with E-state index in [1.165, 1.54) is 0 Å². The van der Waals surface area contributed by atoms with Crippen molar-refractivity contribution < 1.29 is 9.90 Å². The molecule has 2 heterocycles. The fourth-order valence-corrected chi connectivity index (χ4v) is 3.22. The van der Waals surface area contributed by atoms with Gasteiger partial charge in [0.05, 0.1) is 17.1 Å². The Bertz CT molecular complexity index is 435. The van der Waals surface area contributed by atoms with Crippen LogP contribution in [0.25, 0.3) is 0 Å². The predicted molar refractivity (Wildman–Crippen MR) is 75.7 cm³/mol. The van der Waals surface area contributed by atoms with Gasteiger partial charge in [0.1, 0.15) is 0 Å². The molecule has 1 unspecified atom stereocenters. The highest BCUT2D eigenvalue weighted by molar-refractivity contribution is 7.09. The van der Waals surface area contributed by atoms with Crippen molar-refractivity contribution in [2.24, 2.45) is 0 Å². The fraction of sp³-hybridized carbons (Fsp3) is 0.692. The molecule has 1 aromatic heterocycles. The highest BCUT2D eigenvalue weighted by Gasteiger charge is 2.23. The molecule has 1 aromatic rings. The van der Waals surface area contributed by atoms with E-state index in [1.54, 1.807) is 11.3 Å². The highest BCUT2D eigenvalue weighted by atomic mass is 32.1. The van der Waals surface area contributed by atoms with E-state index in [2.05, 4.69) is 28.9 Å². The van der Waals surface area contributed by atoms with Crippen molar-refractivity contribution in [3.8, 4) is 0 Å². The SMILES string of the molecule is CN1CCN(C)C(Cc2nc(CCC(=O)O)cs2)C1. The Hall–Kier alpha value is -0.980. The first kappa shape index (κ1) is 14.4. The first-order valence-electron chi connectivity index (χ1n) is 6.58. The van der Waals surface area contributed by atoms with E-state index in [0.29, 0.717) is 12.5 Å². The lowest BCUT2D eigenvalue weighted by atomic mass is 10.1. The van der Waals surface area contributed by atoms with Crippen LogP contribution >= 0.6 is 11.3 Å². The molecule has 1 atom stereocenters. The summed E-state index contributed by atoms with van der Waals surface area (Å²) in [4.78, 5) is 19.8. The predicted octanol–water partition coefficient (Wildman–Crippen LogP) is 0.949. The van der Waals surface area contributed by atoms with Crippen molar-refractivity contribution in [2.75, 3.05) is 33.7 Å². The van der Waals surface area contributed by atoms with Crippen LogP contribution in [0.1, 0.15) is 17.1 Å². The summed E-state index contributed by atoms with van der Waals surface area (Å²) in [7, 11) is 4.32. The number of hydrogen-bond acceptors (Lipinski definition) is 5. The lowest BCUT2D eigenvalue weighted by Gasteiger charge is -2.37. The molecule has 2 rings (SSSR count). The molecule has 0 saturated carbocycles. The lowest BCUT2D eigenvalue weighted by Crippen LogP contribution is -2.50. The maximum Gasteiger partial charge on any atom is 0.303 e. The highest BCUT2D eigenvalue weighted by Crippen LogP contribution is 2.17. The second-order valence-corrected chi connectivity index (χ2v) is 6.17. The number of carbonyl (C=O) groups is 1. The summed E-state index contributed by atoms with van der Waals surface area (Å²) in [5.74, 6) is -0.761. The van der Waals surface area contributed by atoms with Gasteiger partial charge in [0.2, 0.25) is 0 Å². The van der Waals surface area contributed by atoms with E-state index in [9.17, 15) is 4.79 Å². The van der Waals surface area contributed by atoms with Crippen LogP contribution in [0.5, 0.6) is 0 Å². The molecule has 1 saturated heterocycles. The topological polar surface area (TPSA) is 56.7 Å². The van der Waals surface area contributed by atoms with Gasteiger partial charge in [0.15, 0.2) is 0 Å². The molecular formula is C13H21N3O2S. The van der Waals surface area contributed by atoms with Gasteiger partial charge in [-0.3, -0.25) is 4.79 Å². The van der Waals surface area contributed by atoms with Crippen molar-refractivity contribution in [2.45, 2.75) is 25.3 Å². The zero-order valence-corrected chi connectivity index (χ0v) is 12.3. The van der Waals surface area contributed by atoms with Crippen LogP contribution in [0.2, 0.25) is 0 Å². The second-order valence-electron chi connectivity index (χ2n) is 5.23. The summed E-state index contributed by atoms with van der Waals surface area (Å²) >= 11 is 1.65. The molecule has 1 aliphatic rings. The molecule has 6 heteroatoms. The van der Waals surface area contributed by atoms with Crippen LogP contribution in [0.3, 0.4) is 0 Å². The van der Waals surface area contributed by atoms with E-state index in [1.807, 2.05) is 5.38 Å². The van der Waals surface area contributed by atoms with Crippen molar-refractivity contribution >= 4 is 17.3 Å².